The van der Waals surface area contributed by atoms with E-state index in [4.69, 9.17) is 0 Å². The van der Waals surface area contributed by atoms with Crippen LogP contribution in [0.2, 0.25) is 0 Å². The first-order valence-corrected chi connectivity index (χ1v) is 5.70. The Morgan fingerprint density at radius 1 is 1.12 bits per heavy atom. The van der Waals surface area contributed by atoms with Crippen LogP contribution < -0.4 is 0 Å². The van der Waals surface area contributed by atoms with Gasteiger partial charge in [-0.2, -0.15) is 0 Å². The van der Waals surface area contributed by atoms with Crippen molar-refractivity contribution in [3.63, 3.8) is 0 Å². The molecule has 1 N–H and O–H groups in total. The summed E-state index contributed by atoms with van der Waals surface area (Å²) in [6.45, 7) is 2.12. The minimum atomic E-state index is 0.253. The van der Waals surface area contributed by atoms with E-state index in [1.807, 2.05) is 24.3 Å². The van der Waals surface area contributed by atoms with E-state index in [2.05, 4.69) is 24.0 Å². The van der Waals surface area contributed by atoms with Gasteiger partial charge in [0.1, 0.15) is 5.75 Å². The predicted octanol–water partition coefficient (Wildman–Crippen LogP) is 3.71. The van der Waals surface area contributed by atoms with Gasteiger partial charge in [0.05, 0.1) is 5.69 Å². The molecular formula is C15H15NO. The van der Waals surface area contributed by atoms with Gasteiger partial charge in [0.2, 0.25) is 0 Å². The molecule has 0 aromatic heterocycles. The van der Waals surface area contributed by atoms with Crippen LogP contribution in [0, 0.1) is 0 Å². The summed E-state index contributed by atoms with van der Waals surface area (Å²) < 4.78 is 0. The van der Waals surface area contributed by atoms with Crippen molar-refractivity contribution in [1.82, 2.24) is 0 Å². The maximum atomic E-state index is 9.60. The highest BCUT2D eigenvalue weighted by Crippen LogP contribution is 2.17. The van der Waals surface area contributed by atoms with Crippen molar-refractivity contribution in [3.8, 4) is 5.75 Å². The van der Waals surface area contributed by atoms with Gasteiger partial charge in [-0.15, -0.1) is 0 Å². The fourth-order valence-electron chi connectivity index (χ4n) is 1.60. The highest BCUT2D eigenvalue weighted by Gasteiger charge is 1.95. The van der Waals surface area contributed by atoms with Gasteiger partial charge in [0.25, 0.3) is 0 Å². The summed E-state index contributed by atoms with van der Waals surface area (Å²) in [5, 5.41) is 9.60. The van der Waals surface area contributed by atoms with Gasteiger partial charge < -0.3 is 5.11 Å². The topological polar surface area (TPSA) is 32.6 Å². The lowest BCUT2D eigenvalue weighted by atomic mass is 10.1. The molecule has 0 saturated carbocycles. The van der Waals surface area contributed by atoms with E-state index in [1.54, 1.807) is 18.3 Å². The number of phenols is 1. The molecule has 0 radical (unpaired) electrons. The zero-order chi connectivity index (χ0) is 12.1. The summed E-state index contributed by atoms with van der Waals surface area (Å²) in [5.41, 5.74) is 2.90. The molecule has 0 aliphatic rings. The monoisotopic (exact) mass is 225 g/mol. The van der Waals surface area contributed by atoms with Gasteiger partial charge in [-0.1, -0.05) is 31.2 Å². The molecule has 0 heterocycles. The smallest absolute Gasteiger partial charge is 0.124 e. The van der Waals surface area contributed by atoms with E-state index < -0.39 is 0 Å². The number of hydrogen-bond donors (Lipinski definition) is 1. The molecular weight excluding hydrogens is 210 g/mol. The third-order valence-corrected chi connectivity index (χ3v) is 2.61. The molecule has 0 bridgehead atoms. The van der Waals surface area contributed by atoms with Gasteiger partial charge in [0.15, 0.2) is 0 Å². The molecule has 86 valence electrons. The quantitative estimate of drug-likeness (QED) is 0.793. The summed E-state index contributed by atoms with van der Waals surface area (Å²) >= 11 is 0. The molecule has 2 nitrogen and oxygen atoms in total. The minimum Gasteiger partial charge on any atom is -0.507 e. The molecule has 0 aliphatic heterocycles. The molecule has 0 spiro atoms. The number of nitrogens with zero attached hydrogens (tertiary/aromatic N) is 1. The number of para-hydroxylation sites is 1. The molecule has 0 aliphatic carbocycles. The first kappa shape index (κ1) is 11.4. The second-order valence-corrected chi connectivity index (χ2v) is 3.84. The lowest BCUT2D eigenvalue weighted by Gasteiger charge is -1.99. The van der Waals surface area contributed by atoms with Crippen molar-refractivity contribution >= 4 is 11.9 Å². The molecule has 2 aromatic carbocycles. The predicted molar refractivity (Wildman–Crippen MR) is 71.2 cm³/mol. The van der Waals surface area contributed by atoms with Crippen molar-refractivity contribution in [1.29, 1.82) is 0 Å². The molecule has 17 heavy (non-hydrogen) atoms. The molecule has 2 aromatic rings. The van der Waals surface area contributed by atoms with Crippen molar-refractivity contribution in [3.05, 3.63) is 59.7 Å². The summed E-state index contributed by atoms with van der Waals surface area (Å²) in [6, 6.07) is 15.3. The second kappa shape index (κ2) is 5.30. The Kier molecular flexibility index (Phi) is 3.55. The molecule has 0 unspecified atom stereocenters. The third-order valence-electron chi connectivity index (χ3n) is 2.61. The number of hydrogen-bond acceptors (Lipinski definition) is 2. The van der Waals surface area contributed by atoms with Crippen LogP contribution in [0.4, 0.5) is 5.69 Å². The number of aryl methyl sites for hydroxylation is 1. The number of benzene rings is 2. The lowest BCUT2D eigenvalue weighted by Crippen LogP contribution is -1.82. The normalized spacial score (nSPS) is 10.9. The van der Waals surface area contributed by atoms with Crippen molar-refractivity contribution in [2.75, 3.05) is 0 Å². The SMILES string of the molecule is CCc1cccc(N=Cc2ccccc2O)c1. The third kappa shape index (κ3) is 2.94. The van der Waals surface area contributed by atoms with Crippen LogP contribution in [0.3, 0.4) is 0 Å². The van der Waals surface area contributed by atoms with Crippen molar-refractivity contribution in [2.45, 2.75) is 13.3 Å². The Balaban J connectivity index is 2.23. The Labute approximate surface area is 101 Å². The summed E-state index contributed by atoms with van der Waals surface area (Å²) in [4.78, 5) is 4.36. The van der Waals surface area contributed by atoms with E-state index >= 15 is 0 Å². The highest BCUT2D eigenvalue weighted by molar-refractivity contribution is 5.85. The molecule has 0 saturated heterocycles. The number of phenolic OH excluding ortho intramolecular Hbond substituents is 1. The standard InChI is InChI=1S/C15H15NO/c1-2-12-6-5-8-14(10-12)16-11-13-7-3-4-9-15(13)17/h3-11,17H,2H2,1H3. The first-order chi connectivity index (χ1) is 8.29. The highest BCUT2D eigenvalue weighted by atomic mass is 16.3. The number of aromatic hydroxyl groups is 1. The van der Waals surface area contributed by atoms with E-state index in [9.17, 15) is 5.11 Å². The average Bonchev–Trinajstić information content (AvgIpc) is 2.38. The maximum absolute atomic E-state index is 9.60. The maximum Gasteiger partial charge on any atom is 0.124 e. The zero-order valence-electron chi connectivity index (χ0n) is 9.80. The van der Waals surface area contributed by atoms with Crippen LogP contribution in [0.25, 0.3) is 0 Å². The van der Waals surface area contributed by atoms with E-state index in [0.717, 1.165) is 17.7 Å². The van der Waals surface area contributed by atoms with Gasteiger partial charge in [-0.05, 0) is 36.2 Å². The number of aliphatic imine (C=N–C) groups is 1. The largest absolute Gasteiger partial charge is 0.507 e. The lowest BCUT2D eigenvalue weighted by molar-refractivity contribution is 0.474. The Bertz CT molecular complexity index is 532. The molecule has 0 fully saturated rings. The van der Waals surface area contributed by atoms with Crippen LogP contribution in [0.15, 0.2) is 53.5 Å². The van der Waals surface area contributed by atoms with Gasteiger partial charge in [-0.25, -0.2) is 0 Å². The fourth-order valence-corrected chi connectivity index (χ4v) is 1.60. The minimum absolute atomic E-state index is 0.253. The van der Waals surface area contributed by atoms with Crippen LogP contribution in [-0.4, -0.2) is 11.3 Å². The summed E-state index contributed by atoms with van der Waals surface area (Å²) in [7, 11) is 0. The van der Waals surface area contributed by atoms with Crippen LogP contribution in [0.1, 0.15) is 18.1 Å². The average molecular weight is 225 g/mol. The number of rotatable bonds is 3. The second-order valence-electron chi connectivity index (χ2n) is 3.84. The Morgan fingerprint density at radius 2 is 1.94 bits per heavy atom. The Hall–Kier alpha value is -2.09. The van der Waals surface area contributed by atoms with E-state index in [0.29, 0.717) is 0 Å². The van der Waals surface area contributed by atoms with Crippen LogP contribution in [-0.2, 0) is 6.42 Å². The molecule has 0 amide bonds. The first-order valence-electron chi connectivity index (χ1n) is 5.70. The van der Waals surface area contributed by atoms with Crippen LogP contribution >= 0.6 is 0 Å². The Morgan fingerprint density at radius 3 is 2.71 bits per heavy atom. The van der Waals surface area contributed by atoms with Crippen molar-refractivity contribution in [2.24, 2.45) is 4.99 Å². The van der Waals surface area contributed by atoms with Crippen LogP contribution in [0.5, 0.6) is 5.75 Å². The zero-order valence-corrected chi connectivity index (χ0v) is 9.80. The van der Waals surface area contributed by atoms with Gasteiger partial charge >= 0.3 is 0 Å². The fraction of sp³-hybridized carbons (Fsp3) is 0.133. The van der Waals surface area contributed by atoms with E-state index in [-0.39, 0.29) is 5.75 Å². The van der Waals surface area contributed by atoms with Gasteiger partial charge in [0, 0.05) is 11.8 Å². The summed E-state index contributed by atoms with van der Waals surface area (Å²) in [5.74, 6) is 0.253. The summed E-state index contributed by atoms with van der Waals surface area (Å²) in [6.07, 6.45) is 2.68. The molecule has 2 heteroatoms. The molecule has 2 rings (SSSR count). The van der Waals surface area contributed by atoms with E-state index in [1.165, 1.54) is 5.56 Å². The van der Waals surface area contributed by atoms with Gasteiger partial charge in [-0.3, -0.25) is 4.99 Å². The molecule has 0 atom stereocenters. The van der Waals surface area contributed by atoms with Crippen molar-refractivity contribution < 1.29 is 5.11 Å².